The molecule has 0 radical (unpaired) electrons. The molecular weight excluding hydrogens is 315 g/mol. The van der Waals surface area contributed by atoms with Gasteiger partial charge in [-0.1, -0.05) is 48.5 Å². The number of rotatable bonds is 5. The maximum absolute atomic E-state index is 13.6. The third-order valence-electron chi connectivity index (χ3n) is 4.18. The van der Waals surface area contributed by atoms with Gasteiger partial charge < -0.3 is 9.30 Å². The summed E-state index contributed by atoms with van der Waals surface area (Å²) in [6, 6.07) is 20.6. The summed E-state index contributed by atoms with van der Waals surface area (Å²) in [6.45, 7) is 0.588. The van der Waals surface area contributed by atoms with E-state index in [1.54, 1.807) is 24.7 Å². The molecule has 4 heteroatoms. The first kappa shape index (κ1) is 15.4. The van der Waals surface area contributed by atoms with Crippen molar-refractivity contribution in [2.24, 2.45) is 0 Å². The van der Waals surface area contributed by atoms with Gasteiger partial charge in [0, 0.05) is 24.0 Å². The minimum atomic E-state index is -0.309. The zero-order valence-electron chi connectivity index (χ0n) is 13.5. The molecule has 124 valence electrons. The zero-order chi connectivity index (χ0) is 17.1. The first-order chi connectivity index (χ1) is 12.3. The van der Waals surface area contributed by atoms with Crippen LogP contribution < -0.4 is 4.74 Å². The maximum Gasteiger partial charge on any atom is 0.142 e. The standard InChI is InChI=1S/C21H17FN2O/c22-17-7-4-8-18(13-17)25-21(14-24-12-11-23-15-24)20-10-3-6-16-5-1-2-9-19(16)20/h1-13,15,21H,14H2. The topological polar surface area (TPSA) is 27.1 Å². The highest BCUT2D eigenvalue weighted by molar-refractivity contribution is 5.86. The van der Waals surface area contributed by atoms with Crippen LogP contribution in [0.1, 0.15) is 11.7 Å². The average Bonchev–Trinajstić information content (AvgIpc) is 3.14. The maximum atomic E-state index is 13.6. The minimum Gasteiger partial charge on any atom is -0.484 e. The summed E-state index contributed by atoms with van der Waals surface area (Å²) in [5, 5.41) is 2.28. The summed E-state index contributed by atoms with van der Waals surface area (Å²) < 4.78 is 21.7. The molecule has 0 bridgehead atoms. The second-order valence-corrected chi connectivity index (χ2v) is 5.89. The summed E-state index contributed by atoms with van der Waals surface area (Å²) in [6.07, 6.45) is 5.13. The van der Waals surface area contributed by atoms with Gasteiger partial charge in [0.05, 0.1) is 12.9 Å². The van der Waals surface area contributed by atoms with E-state index in [1.165, 1.54) is 12.1 Å². The molecule has 0 fully saturated rings. The Hall–Kier alpha value is -3.14. The van der Waals surface area contributed by atoms with E-state index in [0.717, 1.165) is 16.3 Å². The third-order valence-corrected chi connectivity index (χ3v) is 4.18. The number of imidazole rings is 1. The molecule has 4 rings (SSSR count). The summed E-state index contributed by atoms with van der Waals surface area (Å²) in [4.78, 5) is 4.10. The van der Waals surface area contributed by atoms with Crippen molar-refractivity contribution < 1.29 is 9.13 Å². The Morgan fingerprint density at radius 3 is 2.68 bits per heavy atom. The Kier molecular flexibility index (Phi) is 4.17. The van der Waals surface area contributed by atoms with Gasteiger partial charge in [-0.25, -0.2) is 9.37 Å². The van der Waals surface area contributed by atoms with Gasteiger partial charge in [0.15, 0.2) is 0 Å². The van der Waals surface area contributed by atoms with E-state index in [-0.39, 0.29) is 11.9 Å². The van der Waals surface area contributed by atoms with E-state index in [4.69, 9.17) is 4.74 Å². The zero-order valence-corrected chi connectivity index (χ0v) is 13.5. The molecule has 3 aromatic carbocycles. The molecule has 25 heavy (non-hydrogen) atoms. The van der Waals surface area contributed by atoms with Crippen LogP contribution >= 0.6 is 0 Å². The smallest absolute Gasteiger partial charge is 0.142 e. The second kappa shape index (κ2) is 6.77. The lowest BCUT2D eigenvalue weighted by atomic mass is 10.00. The fraction of sp³-hybridized carbons (Fsp3) is 0.0952. The van der Waals surface area contributed by atoms with Crippen LogP contribution in [0.3, 0.4) is 0 Å². The SMILES string of the molecule is Fc1cccc(OC(Cn2ccnc2)c2cccc3ccccc23)c1. The molecule has 1 unspecified atom stereocenters. The summed E-state index contributed by atoms with van der Waals surface area (Å²) >= 11 is 0. The van der Waals surface area contributed by atoms with Crippen LogP contribution in [0.15, 0.2) is 85.5 Å². The van der Waals surface area contributed by atoms with Crippen LogP contribution in [0.5, 0.6) is 5.75 Å². The molecule has 0 saturated heterocycles. The van der Waals surface area contributed by atoms with Crippen LogP contribution in [0.2, 0.25) is 0 Å². The first-order valence-electron chi connectivity index (χ1n) is 8.15. The number of fused-ring (bicyclic) bond motifs is 1. The molecule has 0 aliphatic heterocycles. The fourth-order valence-electron chi connectivity index (χ4n) is 3.02. The van der Waals surface area contributed by atoms with E-state index in [1.807, 2.05) is 29.0 Å². The van der Waals surface area contributed by atoms with Crippen LogP contribution in [-0.2, 0) is 6.54 Å². The molecule has 0 N–H and O–H groups in total. The molecule has 1 aromatic heterocycles. The summed E-state index contributed by atoms with van der Waals surface area (Å²) in [5.41, 5.74) is 1.07. The van der Waals surface area contributed by atoms with E-state index in [9.17, 15) is 4.39 Å². The van der Waals surface area contributed by atoms with Crippen LogP contribution in [-0.4, -0.2) is 9.55 Å². The van der Waals surface area contributed by atoms with Gasteiger partial charge in [-0.3, -0.25) is 0 Å². The lowest BCUT2D eigenvalue weighted by molar-refractivity contribution is 0.184. The predicted molar refractivity (Wildman–Crippen MR) is 95.9 cm³/mol. The van der Waals surface area contributed by atoms with Gasteiger partial charge in [0.25, 0.3) is 0 Å². The van der Waals surface area contributed by atoms with Crippen molar-refractivity contribution in [2.45, 2.75) is 12.6 Å². The largest absolute Gasteiger partial charge is 0.484 e. The quantitative estimate of drug-likeness (QED) is 0.514. The average molecular weight is 332 g/mol. The molecule has 1 atom stereocenters. The second-order valence-electron chi connectivity index (χ2n) is 5.89. The molecule has 0 saturated carbocycles. The molecule has 4 aromatic rings. The predicted octanol–water partition coefficient (Wildman–Crippen LogP) is 5.00. The first-order valence-corrected chi connectivity index (χ1v) is 8.15. The van der Waals surface area contributed by atoms with Crippen molar-refractivity contribution in [1.29, 1.82) is 0 Å². The molecular formula is C21H17FN2O. The number of ether oxygens (including phenoxy) is 1. The van der Waals surface area contributed by atoms with E-state index < -0.39 is 0 Å². The van der Waals surface area contributed by atoms with E-state index in [2.05, 4.69) is 29.2 Å². The van der Waals surface area contributed by atoms with Crippen LogP contribution in [0.25, 0.3) is 10.8 Å². The van der Waals surface area contributed by atoms with Crippen molar-refractivity contribution in [3.05, 3.63) is 96.8 Å². The molecule has 0 aliphatic carbocycles. The normalized spacial score (nSPS) is 12.2. The van der Waals surface area contributed by atoms with Gasteiger partial charge in [0.2, 0.25) is 0 Å². The van der Waals surface area contributed by atoms with Gasteiger partial charge in [0.1, 0.15) is 17.7 Å². The van der Waals surface area contributed by atoms with Gasteiger partial charge in [-0.2, -0.15) is 0 Å². The van der Waals surface area contributed by atoms with Crippen molar-refractivity contribution in [1.82, 2.24) is 9.55 Å². The number of aromatic nitrogens is 2. The molecule has 0 amide bonds. The van der Waals surface area contributed by atoms with Crippen molar-refractivity contribution in [3.8, 4) is 5.75 Å². The third kappa shape index (κ3) is 3.38. The van der Waals surface area contributed by atoms with Gasteiger partial charge >= 0.3 is 0 Å². The number of hydrogen-bond donors (Lipinski definition) is 0. The number of halogens is 1. The summed E-state index contributed by atoms with van der Waals surface area (Å²) in [7, 11) is 0. The van der Waals surface area contributed by atoms with Crippen molar-refractivity contribution in [3.63, 3.8) is 0 Å². The highest BCUT2D eigenvalue weighted by Gasteiger charge is 2.17. The van der Waals surface area contributed by atoms with Crippen LogP contribution in [0.4, 0.5) is 4.39 Å². The Balaban J connectivity index is 1.76. The number of benzene rings is 3. The van der Waals surface area contributed by atoms with Gasteiger partial charge in [-0.05, 0) is 22.9 Å². The van der Waals surface area contributed by atoms with Crippen LogP contribution in [0, 0.1) is 5.82 Å². The number of hydrogen-bond acceptors (Lipinski definition) is 2. The van der Waals surface area contributed by atoms with E-state index >= 15 is 0 Å². The fourth-order valence-corrected chi connectivity index (χ4v) is 3.02. The molecule has 1 heterocycles. The highest BCUT2D eigenvalue weighted by Crippen LogP contribution is 2.29. The van der Waals surface area contributed by atoms with Crippen molar-refractivity contribution >= 4 is 10.8 Å². The van der Waals surface area contributed by atoms with E-state index in [0.29, 0.717) is 12.3 Å². The molecule has 0 aliphatic rings. The Labute approximate surface area is 145 Å². The van der Waals surface area contributed by atoms with Crippen molar-refractivity contribution in [2.75, 3.05) is 0 Å². The molecule has 0 spiro atoms. The minimum absolute atomic E-state index is 0.262. The Morgan fingerprint density at radius 2 is 1.84 bits per heavy atom. The Morgan fingerprint density at radius 1 is 1.00 bits per heavy atom. The molecule has 3 nitrogen and oxygen atoms in total. The lowest BCUT2D eigenvalue weighted by Gasteiger charge is -2.22. The highest BCUT2D eigenvalue weighted by atomic mass is 19.1. The monoisotopic (exact) mass is 332 g/mol. The number of nitrogens with zero attached hydrogens (tertiary/aromatic N) is 2. The van der Waals surface area contributed by atoms with Gasteiger partial charge in [-0.15, -0.1) is 0 Å². The lowest BCUT2D eigenvalue weighted by Crippen LogP contribution is -2.15. The Bertz CT molecular complexity index is 977. The summed E-state index contributed by atoms with van der Waals surface area (Å²) in [5.74, 6) is 0.204.